The lowest BCUT2D eigenvalue weighted by molar-refractivity contribution is 0.595. The van der Waals surface area contributed by atoms with Crippen LogP contribution in [-0.2, 0) is 16.3 Å². The molecule has 1 aromatic carbocycles. The van der Waals surface area contributed by atoms with Gasteiger partial charge in [0.05, 0.1) is 10.6 Å². The summed E-state index contributed by atoms with van der Waals surface area (Å²) >= 11 is 0. The third-order valence-corrected chi connectivity index (χ3v) is 5.56. The fourth-order valence-electron chi connectivity index (χ4n) is 2.16. The lowest BCUT2D eigenvalue weighted by Gasteiger charge is -2.10. The second-order valence-electron chi connectivity index (χ2n) is 5.30. The molecule has 0 amide bonds. The highest BCUT2D eigenvalue weighted by molar-refractivity contribution is 7.91. The Kier molecular flexibility index (Phi) is 5.12. The van der Waals surface area contributed by atoms with Crippen LogP contribution >= 0.6 is 0 Å². The van der Waals surface area contributed by atoms with Crippen LogP contribution in [0.4, 0.5) is 0 Å². The second kappa shape index (κ2) is 6.85. The molecule has 0 saturated carbocycles. The lowest BCUT2D eigenvalue weighted by Crippen LogP contribution is -2.09. The van der Waals surface area contributed by atoms with Gasteiger partial charge in [-0.15, -0.1) is 0 Å². The van der Waals surface area contributed by atoms with Gasteiger partial charge in [-0.1, -0.05) is 26.0 Å². The van der Waals surface area contributed by atoms with Crippen LogP contribution in [0.1, 0.15) is 37.3 Å². The lowest BCUT2D eigenvalue weighted by atomic mass is 9.99. The third kappa shape index (κ3) is 4.14. The Hall–Kier alpha value is -1.68. The van der Waals surface area contributed by atoms with Gasteiger partial charge in [0.1, 0.15) is 0 Å². The summed E-state index contributed by atoms with van der Waals surface area (Å²) in [5, 5.41) is 0. The van der Waals surface area contributed by atoms with Crippen molar-refractivity contribution in [1.29, 1.82) is 0 Å². The average molecular weight is 303 g/mol. The van der Waals surface area contributed by atoms with Crippen molar-refractivity contribution in [3.8, 4) is 0 Å². The topological polar surface area (TPSA) is 47.0 Å². The number of rotatable bonds is 6. The zero-order valence-electron chi connectivity index (χ0n) is 12.5. The van der Waals surface area contributed by atoms with Gasteiger partial charge in [0.15, 0.2) is 9.84 Å². The van der Waals surface area contributed by atoms with E-state index in [2.05, 4.69) is 18.8 Å². The first-order valence-corrected chi connectivity index (χ1v) is 8.90. The molecule has 0 aliphatic heterocycles. The molecule has 0 fully saturated rings. The van der Waals surface area contributed by atoms with Crippen molar-refractivity contribution in [2.75, 3.05) is 5.75 Å². The van der Waals surface area contributed by atoms with Crippen molar-refractivity contribution < 1.29 is 8.42 Å². The molecule has 1 heterocycles. The van der Waals surface area contributed by atoms with Crippen molar-refractivity contribution in [2.45, 2.75) is 37.5 Å². The Labute approximate surface area is 127 Å². The van der Waals surface area contributed by atoms with E-state index in [4.69, 9.17) is 0 Å². The Morgan fingerprint density at radius 2 is 1.67 bits per heavy atom. The van der Waals surface area contributed by atoms with E-state index in [-0.39, 0.29) is 5.75 Å². The van der Waals surface area contributed by atoms with Crippen LogP contribution in [0.15, 0.2) is 53.7 Å². The highest BCUT2D eigenvalue weighted by atomic mass is 32.2. The zero-order valence-corrected chi connectivity index (χ0v) is 13.3. The normalized spacial score (nSPS) is 13.0. The van der Waals surface area contributed by atoms with Crippen LogP contribution in [0, 0.1) is 0 Å². The molecular formula is C17H21NO2S. The molecule has 0 bridgehead atoms. The first-order valence-electron chi connectivity index (χ1n) is 7.24. The molecular weight excluding hydrogens is 282 g/mol. The number of nitrogens with zero attached hydrogens (tertiary/aromatic N) is 1. The number of benzene rings is 1. The van der Waals surface area contributed by atoms with Gasteiger partial charge in [0.2, 0.25) is 0 Å². The molecule has 0 N–H and O–H groups in total. The molecule has 112 valence electrons. The fourth-order valence-corrected chi connectivity index (χ4v) is 3.45. The van der Waals surface area contributed by atoms with Gasteiger partial charge in [-0.3, -0.25) is 4.98 Å². The number of hydrogen-bond donors (Lipinski definition) is 0. The van der Waals surface area contributed by atoms with Gasteiger partial charge in [0.25, 0.3) is 0 Å². The first-order chi connectivity index (χ1) is 10.0. The number of sulfone groups is 1. The fraction of sp³-hybridized carbons (Fsp3) is 0.353. The van der Waals surface area contributed by atoms with Crippen molar-refractivity contribution in [3.63, 3.8) is 0 Å². The summed E-state index contributed by atoms with van der Waals surface area (Å²) in [4.78, 5) is 4.34. The minimum absolute atomic E-state index is 0.125. The summed E-state index contributed by atoms with van der Waals surface area (Å²) in [6.45, 7) is 4.27. The predicted octanol–water partition coefficient (Wildman–Crippen LogP) is 3.61. The summed E-state index contributed by atoms with van der Waals surface area (Å²) in [6, 6.07) is 11.0. The second-order valence-corrected chi connectivity index (χ2v) is 7.41. The van der Waals surface area contributed by atoms with Gasteiger partial charge in [-0.2, -0.15) is 0 Å². The SMILES string of the molecule is CCC(C)c1ccc(S(=O)(=O)CCc2ccncc2)cc1. The Morgan fingerprint density at radius 3 is 2.24 bits per heavy atom. The van der Waals surface area contributed by atoms with Crippen molar-refractivity contribution in [1.82, 2.24) is 4.98 Å². The molecule has 1 aromatic heterocycles. The van der Waals surface area contributed by atoms with Gasteiger partial charge >= 0.3 is 0 Å². The largest absolute Gasteiger partial charge is 0.265 e. The van der Waals surface area contributed by atoms with Crippen LogP contribution in [0.25, 0.3) is 0 Å². The summed E-state index contributed by atoms with van der Waals surface area (Å²) in [6.07, 6.45) is 4.93. The average Bonchev–Trinajstić information content (AvgIpc) is 2.53. The van der Waals surface area contributed by atoms with Gasteiger partial charge in [-0.05, 0) is 54.2 Å². The zero-order chi connectivity index (χ0) is 15.3. The number of aromatic nitrogens is 1. The highest BCUT2D eigenvalue weighted by Crippen LogP contribution is 2.21. The van der Waals surface area contributed by atoms with E-state index in [1.807, 2.05) is 24.3 Å². The standard InChI is InChI=1S/C17H21NO2S/c1-3-14(2)16-4-6-17(7-5-16)21(19,20)13-10-15-8-11-18-12-9-15/h4-9,11-12,14H,3,10,13H2,1-2H3. The van der Waals surface area contributed by atoms with Gasteiger partial charge in [0, 0.05) is 12.4 Å². The van der Waals surface area contributed by atoms with Crippen LogP contribution in [0.5, 0.6) is 0 Å². The van der Waals surface area contributed by atoms with E-state index in [0.29, 0.717) is 17.2 Å². The minimum atomic E-state index is -3.23. The van der Waals surface area contributed by atoms with E-state index >= 15 is 0 Å². The van der Waals surface area contributed by atoms with E-state index < -0.39 is 9.84 Å². The number of pyridine rings is 1. The maximum absolute atomic E-state index is 12.3. The van der Waals surface area contributed by atoms with Crippen molar-refractivity contribution >= 4 is 9.84 Å². The van der Waals surface area contributed by atoms with Gasteiger partial charge < -0.3 is 0 Å². The Bertz CT molecular complexity index is 664. The molecule has 0 saturated heterocycles. The summed E-state index contributed by atoms with van der Waals surface area (Å²) in [5.41, 5.74) is 2.18. The summed E-state index contributed by atoms with van der Waals surface area (Å²) in [5.74, 6) is 0.582. The smallest absolute Gasteiger partial charge is 0.178 e. The number of aryl methyl sites for hydroxylation is 1. The molecule has 2 aromatic rings. The number of hydrogen-bond acceptors (Lipinski definition) is 3. The molecule has 0 spiro atoms. The molecule has 21 heavy (non-hydrogen) atoms. The first kappa shape index (κ1) is 15.7. The van der Waals surface area contributed by atoms with Crippen LogP contribution in [0.2, 0.25) is 0 Å². The molecule has 0 aliphatic rings. The molecule has 2 rings (SSSR count). The maximum Gasteiger partial charge on any atom is 0.178 e. The quantitative estimate of drug-likeness (QED) is 0.819. The predicted molar refractivity (Wildman–Crippen MR) is 85.1 cm³/mol. The molecule has 3 nitrogen and oxygen atoms in total. The van der Waals surface area contributed by atoms with Crippen LogP contribution in [-0.4, -0.2) is 19.2 Å². The minimum Gasteiger partial charge on any atom is -0.265 e. The summed E-state index contributed by atoms with van der Waals surface area (Å²) in [7, 11) is -3.23. The molecule has 1 atom stereocenters. The Balaban J connectivity index is 2.09. The van der Waals surface area contributed by atoms with Gasteiger partial charge in [-0.25, -0.2) is 8.42 Å². The van der Waals surface area contributed by atoms with Crippen LogP contribution < -0.4 is 0 Å². The van der Waals surface area contributed by atoms with E-state index in [9.17, 15) is 8.42 Å². The monoisotopic (exact) mass is 303 g/mol. The van der Waals surface area contributed by atoms with Crippen molar-refractivity contribution in [3.05, 3.63) is 59.9 Å². The van der Waals surface area contributed by atoms with Crippen LogP contribution in [0.3, 0.4) is 0 Å². The van der Waals surface area contributed by atoms with Crippen molar-refractivity contribution in [2.24, 2.45) is 0 Å². The third-order valence-electron chi connectivity index (χ3n) is 3.83. The maximum atomic E-state index is 12.3. The summed E-state index contributed by atoms with van der Waals surface area (Å²) < 4.78 is 24.7. The molecule has 1 unspecified atom stereocenters. The molecule has 4 heteroatoms. The molecule has 0 radical (unpaired) electrons. The Morgan fingerprint density at radius 1 is 1.05 bits per heavy atom. The van der Waals surface area contributed by atoms with E-state index in [1.54, 1.807) is 24.5 Å². The van der Waals surface area contributed by atoms with E-state index in [1.165, 1.54) is 5.56 Å². The van der Waals surface area contributed by atoms with E-state index in [0.717, 1.165) is 12.0 Å². The molecule has 0 aliphatic carbocycles. The highest BCUT2D eigenvalue weighted by Gasteiger charge is 2.15.